The molecule has 126 valence electrons. The van der Waals surface area contributed by atoms with Crippen LogP contribution in [0.5, 0.6) is 0 Å². The van der Waals surface area contributed by atoms with Crippen molar-refractivity contribution in [3.8, 4) is 0 Å². The maximum Gasteiger partial charge on any atom is 0.321 e. The lowest BCUT2D eigenvalue weighted by molar-refractivity contribution is -0.124. The number of amides is 3. The van der Waals surface area contributed by atoms with Gasteiger partial charge in [0.2, 0.25) is 5.91 Å². The molecule has 0 aromatic carbocycles. The Balaban J connectivity index is 1.84. The minimum absolute atomic E-state index is 0.272. The molecule has 0 radical (unpaired) electrons. The minimum atomic E-state index is -0.443. The van der Waals surface area contributed by atoms with Crippen molar-refractivity contribution in [3.05, 3.63) is 22.8 Å². The number of nitrogens with zero attached hydrogens (tertiary/aromatic N) is 3. The number of urea groups is 1. The van der Waals surface area contributed by atoms with Gasteiger partial charge < -0.3 is 10.2 Å². The number of carbonyl (C=O) groups is 2. The van der Waals surface area contributed by atoms with Crippen molar-refractivity contribution in [2.45, 2.75) is 19.9 Å². The number of hydrogen-bond acceptors (Lipinski definition) is 5. The molecule has 1 aromatic heterocycles. The molecule has 8 heteroatoms. The monoisotopic (exact) mass is 383 g/mol. The van der Waals surface area contributed by atoms with Crippen LogP contribution in [-0.2, 0) is 4.79 Å². The lowest BCUT2D eigenvalue weighted by atomic mass is 10.2. The van der Waals surface area contributed by atoms with Gasteiger partial charge in [-0.2, -0.15) is 0 Å². The summed E-state index contributed by atoms with van der Waals surface area (Å²) in [6, 6.07) is 3.17. The van der Waals surface area contributed by atoms with Crippen LogP contribution in [0.2, 0.25) is 0 Å². The van der Waals surface area contributed by atoms with E-state index < -0.39 is 6.03 Å². The quantitative estimate of drug-likeness (QED) is 0.816. The molecular weight excluding hydrogens is 362 g/mol. The molecule has 0 aliphatic carbocycles. The van der Waals surface area contributed by atoms with E-state index in [9.17, 15) is 9.59 Å². The van der Waals surface area contributed by atoms with Crippen LogP contribution in [0.1, 0.15) is 13.8 Å². The first-order valence-corrected chi connectivity index (χ1v) is 8.49. The summed E-state index contributed by atoms with van der Waals surface area (Å²) >= 11 is 3.38. The molecule has 1 saturated heterocycles. The molecule has 1 aromatic rings. The van der Waals surface area contributed by atoms with Crippen molar-refractivity contribution in [2.24, 2.45) is 0 Å². The van der Waals surface area contributed by atoms with Gasteiger partial charge in [-0.05, 0) is 41.9 Å². The van der Waals surface area contributed by atoms with Crippen molar-refractivity contribution < 1.29 is 9.59 Å². The van der Waals surface area contributed by atoms with E-state index in [-0.39, 0.29) is 11.9 Å². The average molecular weight is 384 g/mol. The summed E-state index contributed by atoms with van der Waals surface area (Å²) in [5, 5.41) is 4.92. The molecule has 1 atom stereocenters. The Labute approximate surface area is 144 Å². The molecule has 1 aliphatic heterocycles. The Morgan fingerprint density at radius 1 is 1.30 bits per heavy atom. The summed E-state index contributed by atoms with van der Waals surface area (Å²) < 4.78 is 0.954. The average Bonchev–Trinajstić information content (AvgIpc) is 2.55. The van der Waals surface area contributed by atoms with E-state index in [0.717, 1.165) is 36.5 Å². The molecule has 3 amide bonds. The molecule has 0 saturated carbocycles. The van der Waals surface area contributed by atoms with E-state index in [4.69, 9.17) is 0 Å². The summed E-state index contributed by atoms with van der Waals surface area (Å²) in [6.07, 6.45) is 1.78. The van der Waals surface area contributed by atoms with Gasteiger partial charge in [-0.25, -0.2) is 9.78 Å². The maximum absolute atomic E-state index is 12.1. The number of pyridine rings is 1. The summed E-state index contributed by atoms with van der Waals surface area (Å²) in [4.78, 5) is 32.2. The second-order valence-electron chi connectivity index (χ2n) is 5.38. The van der Waals surface area contributed by atoms with E-state index in [0.29, 0.717) is 6.54 Å². The third kappa shape index (κ3) is 4.90. The third-order valence-corrected chi connectivity index (χ3v) is 4.32. The number of anilines is 1. The lowest BCUT2D eigenvalue weighted by Crippen LogP contribution is -2.55. The first-order chi connectivity index (χ1) is 11.0. The second-order valence-corrected chi connectivity index (χ2v) is 6.30. The van der Waals surface area contributed by atoms with Gasteiger partial charge >= 0.3 is 6.03 Å². The van der Waals surface area contributed by atoms with Crippen LogP contribution in [0.15, 0.2) is 22.8 Å². The SMILES string of the molecule is CCNC(=O)NC(=O)C(C)N1CCN(c2ccc(Br)cn2)CC1. The summed E-state index contributed by atoms with van der Waals surface area (Å²) in [6.45, 7) is 7.22. The highest BCUT2D eigenvalue weighted by Gasteiger charge is 2.26. The molecule has 2 heterocycles. The number of carbonyl (C=O) groups excluding carboxylic acids is 2. The van der Waals surface area contributed by atoms with Gasteiger partial charge in [-0.3, -0.25) is 15.0 Å². The van der Waals surface area contributed by atoms with Crippen LogP contribution in [0.4, 0.5) is 10.6 Å². The third-order valence-electron chi connectivity index (χ3n) is 3.85. The highest BCUT2D eigenvalue weighted by Crippen LogP contribution is 2.17. The van der Waals surface area contributed by atoms with Crippen molar-refractivity contribution in [2.75, 3.05) is 37.6 Å². The van der Waals surface area contributed by atoms with E-state index in [1.807, 2.05) is 26.0 Å². The van der Waals surface area contributed by atoms with Gasteiger partial charge in [0.15, 0.2) is 0 Å². The van der Waals surface area contributed by atoms with Crippen LogP contribution >= 0.6 is 15.9 Å². The van der Waals surface area contributed by atoms with E-state index in [1.165, 1.54) is 0 Å². The topological polar surface area (TPSA) is 77.6 Å². The fraction of sp³-hybridized carbons (Fsp3) is 0.533. The zero-order valence-corrected chi connectivity index (χ0v) is 15.0. The number of imide groups is 1. The Bertz CT molecular complexity index is 543. The standard InChI is InChI=1S/C15H22BrN5O2/c1-3-17-15(23)19-14(22)11(2)20-6-8-21(9-7-20)13-5-4-12(16)10-18-13/h4-5,10-11H,3,6-9H2,1-2H3,(H2,17,19,22,23). The van der Waals surface area contributed by atoms with E-state index >= 15 is 0 Å². The maximum atomic E-state index is 12.1. The highest BCUT2D eigenvalue weighted by molar-refractivity contribution is 9.10. The van der Waals surface area contributed by atoms with Crippen LogP contribution < -0.4 is 15.5 Å². The second kappa shape index (κ2) is 8.26. The van der Waals surface area contributed by atoms with Crippen LogP contribution in [0, 0.1) is 0 Å². The van der Waals surface area contributed by atoms with Crippen LogP contribution in [0.25, 0.3) is 0 Å². The first-order valence-electron chi connectivity index (χ1n) is 7.70. The zero-order valence-electron chi connectivity index (χ0n) is 13.4. The lowest BCUT2D eigenvalue weighted by Gasteiger charge is -2.37. The van der Waals surface area contributed by atoms with Crippen LogP contribution in [0.3, 0.4) is 0 Å². The molecule has 1 aliphatic rings. The van der Waals surface area contributed by atoms with Crippen molar-refractivity contribution in [1.29, 1.82) is 0 Å². The molecule has 2 N–H and O–H groups in total. The molecule has 7 nitrogen and oxygen atoms in total. The van der Waals surface area contributed by atoms with Crippen molar-refractivity contribution in [3.63, 3.8) is 0 Å². The molecule has 2 rings (SSSR count). The first kappa shape index (κ1) is 17.7. The number of piperazine rings is 1. The summed E-state index contributed by atoms with van der Waals surface area (Å²) in [5.74, 6) is 0.665. The summed E-state index contributed by atoms with van der Waals surface area (Å²) in [5.41, 5.74) is 0. The van der Waals surface area contributed by atoms with Gasteiger partial charge in [-0.15, -0.1) is 0 Å². The number of nitrogens with one attached hydrogen (secondary N) is 2. The van der Waals surface area contributed by atoms with Gasteiger partial charge in [0.1, 0.15) is 5.82 Å². The molecule has 1 fully saturated rings. The predicted octanol–water partition coefficient (Wildman–Crippen LogP) is 1.20. The normalized spacial score (nSPS) is 16.7. The fourth-order valence-electron chi connectivity index (χ4n) is 2.48. The van der Waals surface area contributed by atoms with Gasteiger partial charge in [0, 0.05) is 43.4 Å². The van der Waals surface area contributed by atoms with Gasteiger partial charge in [-0.1, -0.05) is 0 Å². The number of rotatable bonds is 4. The Morgan fingerprint density at radius 2 is 2.00 bits per heavy atom. The fourth-order valence-corrected chi connectivity index (χ4v) is 2.71. The Morgan fingerprint density at radius 3 is 2.57 bits per heavy atom. The minimum Gasteiger partial charge on any atom is -0.354 e. The zero-order chi connectivity index (χ0) is 16.8. The highest BCUT2D eigenvalue weighted by atomic mass is 79.9. The Kier molecular flexibility index (Phi) is 6.35. The van der Waals surface area contributed by atoms with Crippen molar-refractivity contribution >= 4 is 33.7 Å². The predicted molar refractivity (Wildman–Crippen MR) is 92.4 cm³/mol. The van der Waals surface area contributed by atoms with E-state index in [1.54, 1.807) is 6.20 Å². The molecule has 0 spiro atoms. The van der Waals surface area contributed by atoms with Gasteiger partial charge in [0.25, 0.3) is 0 Å². The smallest absolute Gasteiger partial charge is 0.321 e. The molecular formula is C15H22BrN5O2. The molecule has 23 heavy (non-hydrogen) atoms. The van der Waals surface area contributed by atoms with Gasteiger partial charge in [0.05, 0.1) is 6.04 Å². The number of aromatic nitrogens is 1. The largest absolute Gasteiger partial charge is 0.354 e. The molecule has 1 unspecified atom stereocenters. The number of hydrogen-bond donors (Lipinski definition) is 2. The van der Waals surface area contributed by atoms with Crippen LogP contribution in [-0.4, -0.2) is 60.6 Å². The number of halogens is 1. The van der Waals surface area contributed by atoms with E-state index in [2.05, 4.69) is 41.3 Å². The van der Waals surface area contributed by atoms with Crippen molar-refractivity contribution in [1.82, 2.24) is 20.5 Å². The summed E-state index contributed by atoms with van der Waals surface area (Å²) in [7, 11) is 0. The molecule has 0 bridgehead atoms. The Hall–Kier alpha value is -1.67.